The number of nitro groups is 1. The monoisotopic (exact) mass is 472 g/mol. The lowest BCUT2D eigenvalue weighted by molar-refractivity contribution is -0.385. The fourth-order valence-electron chi connectivity index (χ4n) is 3.31. The molecule has 182 valence electrons. The Hall–Kier alpha value is -3.54. The third-order valence-corrected chi connectivity index (χ3v) is 4.95. The van der Waals surface area contributed by atoms with Gasteiger partial charge in [-0.05, 0) is 17.7 Å². The zero-order valence-corrected chi connectivity index (χ0v) is 18.6. The summed E-state index contributed by atoms with van der Waals surface area (Å²) in [5, 5.41) is 25.3. The van der Waals surface area contributed by atoms with Crippen molar-refractivity contribution in [2.45, 2.75) is 18.6 Å². The summed E-state index contributed by atoms with van der Waals surface area (Å²) in [7, 11) is 0. The Bertz CT molecular complexity index is 954. The molecule has 3 rings (SSSR count). The topological polar surface area (TPSA) is 145 Å². The van der Waals surface area contributed by atoms with Gasteiger partial charge in [-0.2, -0.15) is 0 Å². The van der Waals surface area contributed by atoms with Gasteiger partial charge in [0.05, 0.1) is 31.4 Å². The van der Waals surface area contributed by atoms with Crippen LogP contribution in [0.4, 0.5) is 11.5 Å². The van der Waals surface area contributed by atoms with Crippen LogP contribution in [-0.2, 0) is 19.0 Å². The molecular weight excluding hydrogens is 444 g/mol. The second-order valence-corrected chi connectivity index (χ2v) is 7.38. The molecule has 1 aromatic heterocycles. The molecular formula is C23H28N4O7. The van der Waals surface area contributed by atoms with E-state index in [9.17, 15) is 14.9 Å². The fraction of sp³-hybridized carbons (Fsp3) is 0.391. The maximum Gasteiger partial charge on any atom is 0.287 e. The van der Waals surface area contributed by atoms with E-state index in [0.717, 1.165) is 5.56 Å². The van der Waals surface area contributed by atoms with Gasteiger partial charge in [-0.3, -0.25) is 14.9 Å². The Morgan fingerprint density at radius 3 is 2.71 bits per heavy atom. The van der Waals surface area contributed by atoms with Crippen LogP contribution in [0.1, 0.15) is 17.9 Å². The second kappa shape index (κ2) is 13.2. The smallest absolute Gasteiger partial charge is 0.287 e. The number of benzene rings is 1. The van der Waals surface area contributed by atoms with Gasteiger partial charge >= 0.3 is 0 Å². The molecule has 1 aliphatic heterocycles. The molecule has 0 radical (unpaired) electrons. The van der Waals surface area contributed by atoms with Crippen LogP contribution < -0.4 is 10.6 Å². The number of aliphatic hydroxyl groups is 1. The van der Waals surface area contributed by atoms with Gasteiger partial charge in [0.25, 0.3) is 11.6 Å². The minimum atomic E-state index is -0.615. The third kappa shape index (κ3) is 7.80. The lowest BCUT2D eigenvalue weighted by Gasteiger charge is -2.29. The molecule has 0 unspecified atom stereocenters. The summed E-state index contributed by atoms with van der Waals surface area (Å²) in [6.45, 7) is 1.41. The van der Waals surface area contributed by atoms with Gasteiger partial charge in [0.15, 0.2) is 5.76 Å². The number of nitrogens with one attached hydrogen (secondary N) is 2. The summed E-state index contributed by atoms with van der Waals surface area (Å²) in [5.41, 5.74) is 0.956. The number of carbonyl (C=O) groups excluding carboxylic acids is 1. The van der Waals surface area contributed by atoms with Gasteiger partial charge in [0.1, 0.15) is 12.0 Å². The van der Waals surface area contributed by atoms with E-state index in [0.29, 0.717) is 25.4 Å². The molecule has 0 saturated heterocycles. The lowest BCUT2D eigenvalue weighted by Crippen LogP contribution is -2.35. The SMILES string of the molecule is O=C(NCCNc1ccc([N+](=O)[O-])cn1)C1=C[C@H](c2ccccc2)C[C@H](OCCOCCO)O1. The molecule has 0 fully saturated rings. The Balaban J connectivity index is 1.53. The maximum absolute atomic E-state index is 12.7. The average molecular weight is 472 g/mol. The molecule has 1 aromatic carbocycles. The minimum absolute atomic E-state index is 0.0542. The predicted octanol–water partition coefficient (Wildman–Crippen LogP) is 1.96. The number of nitrogens with zero attached hydrogens (tertiary/aromatic N) is 2. The van der Waals surface area contributed by atoms with Crippen molar-refractivity contribution in [2.75, 3.05) is 44.8 Å². The van der Waals surface area contributed by atoms with Gasteiger partial charge in [-0.25, -0.2) is 4.98 Å². The molecule has 2 aromatic rings. The zero-order chi connectivity index (χ0) is 24.2. The first-order chi connectivity index (χ1) is 16.6. The van der Waals surface area contributed by atoms with E-state index in [2.05, 4.69) is 15.6 Å². The number of allylic oxidation sites excluding steroid dienone is 1. The summed E-state index contributed by atoms with van der Waals surface area (Å²) >= 11 is 0. The third-order valence-electron chi connectivity index (χ3n) is 4.95. The van der Waals surface area contributed by atoms with Crippen molar-refractivity contribution in [1.29, 1.82) is 0 Å². The molecule has 1 aliphatic rings. The Kier molecular flexibility index (Phi) is 9.77. The average Bonchev–Trinajstić information content (AvgIpc) is 2.87. The van der Waals surface area contributed by atoms with Crippen LogP contribution in [0.5, 0.6) is 0 Å². The highest BCUT2D eigenvalue weighted by Gasteiger charge is 2.28. The highest BCUT2D eigenvalue weighted by Crippen LogP contribution is 2.31. The summed E-state index contributed by atoms with van der Waals surface area (Å²) in [6, 6.07) is 12.6. The van der Waals surface area contributed by atoms with Crippen molar-refractivity contribution in [1.82, 2.24) is 10.3 Å². The Morgan fingerprint density at radius 1 is 1.18 bits per heavy atom. The Morgan fingerprint density at radius 2 is 2.00 bits per heavy atom. The summed E-state index contributed by atoms with van der Waals surface area (Å²) in [5.74, 6) is 0.217. The number of amides is 1. The van der Waals surface area contributed by atoms with Gasteiger partial charge in [0, 0.05) is 31.5 Å². The van der Waals surface area contributed by atoms with Crippen LogP contribution in [0.15, 0.2) is 60.5 Å². The normalized spacial score (nSPS) is 17.4. The van der Waals surface area contributed by atoms with Crippen LogP contribution in [-0.4, -0.2) is 66.7 Å². The maximum atomic E-state index is 12.7. The van der Waals surface area contributed by atoms with Gasteiger partial charge in [0.2, 0.25) is 6.29 Å². The molecule has 0 spiro atoms. The van der Waals surface area contributed by atoms with Crippen molar-refractivity contribution in [2.24, 2.45) is 0 Å². The number of anilines is 1. The molecule has 0 aliphatic carbocycles. The van der Waals surface area contributed by atoms with E-state index in [4.69, 9.17) is 19.3 Å². The lowest BCUT2D eigenvalue weighted by atomic mass is 9.93. The quantitative estimate of drug-likeness (QED) is 0.226. The zero-order valence-electron chi connectivity index (χ0n) is 18.6. The van der Waals surface area contributed by atoms with Crippen molar-refractivity contribution in [3.05, 3.63) is 76.2 Å². The van der Waals surface area contributed by atoms with Gasteiger partial charge in [-0.1, -0.05) is 30.3 Å². The van der Waals surface area contributed by atoms with Crippen molar-refractivity contribution >= 4 is 17.4 Å². The van der Waals surface area contributed by atoms with E-state index < -0.39 is 11.2 Å². The summed E-state index contributed by atoms with van der Waals surface area (Å²) < 4.78 is 16.7. The molecule has 11 heteroatoms. The summed E-state index contributed by atoms with van der Waals surface area (Å²) in [6.07, 6.45) is 2.89. The number of aliphatic hydroxyl groups excluding tert-OH is 1. The molecule has 11 nitrogen and oxygen atoms in total. The van der Waals surface area contributed by atoms with Crippen molar-refractivity contribution in [3.63, 3.8) is 0 Å². The van der Waals surface area contributed by atoms with Crippen LogP contribution in [0.2, 0.25) is 0 Å². The standard InChI is InChI=1S/C23H28N4O7/c28-10-11-32-12-13-33-22-15-18(17-4-2-1-3-5-17)14-20(34-22)23(29)25-9-8-24-21-7-6-19(16-26-21)27(30)31/h1-7,14,16,18,22,28H,8-13,15H2,(H,24,26)(H,25,29)/t18-,22+/m0/s1. The van der Waals surface area contributed by atoms with Crippen LogP contribution in [0.25, 0.3) is 0 Å². The first-order valence-electron chi connectivity index (χ1n) is 10.9. The van der Waals surface area contributed by atoms with Gasteiger partial charge < -0.3 is 30.0 Å². The summed E-state index contributed by atoms with van der Waals surface area (Å²) in [4.78, 5) is 26.9. The van der Waals surface area contributed by atoms with Crippen molar-refractivity contribution < 1.29 is 29.0 Å². The number of hydrogen-bond donors (Lipinski definition) is 3. The first kappa shape index (κ1) is 25.1. The van der Waals surface area contributed by atoms with Crippen LogP contribution in [0.3, 0.4) is 0 Å². The number of carbonyl (C=O) groups is 1. The molecule has 3 N–H and O–H groups in total. The van der Waals surface area contributed by atoms with Crippen LogP contribution >= 0.6 is 0 Å². The van der Waals surface area contributed by atoms with E-state index >= 15 is 0 Å². The van der Waals surface area contributed by atoms with Crippen molar-refractivity contribution in [3.8, 4) is 0 Å². The number of pyridine rings is 1. The number of rotatable bonds is 13. The Labute approximate surface area is 196 Å². The number of aromatic nitrogens is 1. The highest BCUT2D eigenvalue weighted by atomic mass is 16.7. The minimum Gasteiger partial charge on any atom is -0.459 e. The van der Waals surface area contributed by atoms with E-state index in [-0.39, 0.29) is 49.6 Å². The molecule has 1 amide bonds. The second-order valence-electron chi connectivity index (χ2n) is 7.38. The van der Waals surface area contributed by atoms with Crippen LogP contribution in [0, 0.1) is 10.1 Å². The fourth-order valence-corrected chi connectivity index (χ4v) is 3.31. The molecule has 34 heavy (non-hydrogen) atoms. The van der Waals surface area contributed by atoms with E-state index in [1.807, 2.05) is 30.3 Å². The van der Waals surface area contributed by atoms with E-state index in [1.165, 1.54) is 18.3 Å². The van der Waals surface area contributed by atoms with Gasteiger partial charge in [-0.15, -0.1) is 0 Å². The largest absolute Gasteiger partial charge is 0.459 e. The number of ether oxygens (including phenoxy) is 3. The first-order valence-corrected chi connectivity index (χ1v) is 10.9. The predicted molar refractivity (Wildman–Crippen MR) is 123 cm³/mol. The number of hydrogen-bond acceptors (Lipinski definition) is 9. The highest BCUT2D eigenvalue weighted by molar-refractivity contribution is 5.91. The molecule has 0 bridgehead atoms. The molecule has 2 heterocycles. The molecule has 2 atom stereocenters. The molecule has 0 saturated carbocycles. The van der Waals surface area contributed by atoms with E-state index in [1.54, 1.807) is 6.08 Å².